The lowest BCUT2D eigenvalue weighted by Crippen LogP contribution is -2.44. The maximum absolute atomic E-state index is 13.2. The number of benzene rings is 1. The molecule has 0 unspecified atom stereocenters. The molecule has 1 aromatic carbocycles. The van der Waals surface area contributed by atoms with Crippen LogP contribution in [0, 0.1) is 12.8 Å². The van der Waals surface area contributed by atoms with Gasteiger partial charge in [0.15, 0.2) is 0 Å². The van der Waals surface area contributed by atoms with Gasteiger partial charge < -0.3 is 9.32 Å². The lowest BCUT2D eigenvalue weighted by Gasteiger charge is -2.33. The molecule has 7 heteroatoms. The van der Waals surface area contributed by atoms with Gasteiger partial charge in [-0.25, -0.2) is 12.7 Å². The van der Waals surface area contributed by atoms with Crippen molar-refractivity contribution in [1.29, 1.82) is 0 Å². The number of amides is 1. The molecule has 140 valence electrons. The summed E-state index contributed by atoms with van der Waals surface area (Å²) in [6, 6.07) is 11.5. The number of rotatable bonds is 5. The summed E-state index contributed by atoms with van der Waals surface area (Å²) in [6.45, 7) is 3.14. The molecule has 0 N–H and O–H groups in total. The molecule has 2 aromatic rings. The van der Waals surface area contributed by atoms with E-state index in [1.165, 1.54) is 10.6 Å². The monoisotopic (exact) mass is 376 g/mol. The second-order valence-corrected chi connectivity index (χ2v) is 8.76. The minimum absolute atomic E-state index is 0.0124. The summed E-state index contributed by atoms with van der Waals surface area (Å²) in [5, 5.41) is 0. The first kappa shape index (κ1) is 18.7. The average molecular weight is 376 g/mol. The van der Waals surface area contributed by atoms with E-state index in [-0.39, 0.29) is 11.8 Å². The van der Waals surface area contributed by atoms with Crippen molar-refractivity contribution >= 4 is 21.6 Å². The van der Waals surface area contributed by atoms with Crippen LogP contribution >= 0.6 is 0 Å². The van der Waals surface area contributed by atoms with Gasteiger partial charge in [-0.3, -0.25) is 4.79 Å². The van der Waals surface area contributed by atoms with Gasteiger partial charge in [0.1, 0.15) is 5.76 Å². The van der Waals surface area contributed by atoms with E-state index < -0.39 is 10.0 Å². The first-order chi connectivity index (χ1) is 12.3. The Morgan fingerprint density at radius 1 is 1.19 bits per heavy atom. The van der Waals surface area contributed by atoms with E-state index in [0.29, 0.717) is 38.2 Å². The zero-order valence-corrected chi connectivity index (χ0v) is 15.9. The number of nitrogens with zero attached hydrogens (tertiary/aromatic N) is 2. The first-order valence-corrected chi connectivity index (χ1v) is 10.5. The van der Waals surface area contributed by atoms with Crippen molar-refractivity contribution in [1.82, 2.24) is 4.31 Å². The Balaban J connectivity index is 1.78. The highest BCUT2D eigenvalue weighted by atomic mass is 32.2. The highest BCUT2D eigenvalue weighted by Crippen LogP contribution is 2.26. The van der Waals surface area contributed by atoms with Crippen molar-refractivity contribution in [3.63, 3.8) is 0 Å². The number of anilines is 1. The van der Waals surface area contributed by atoms with Crippen molar-refractivity contribution in [2.75, 3.05) is 24.2 Å². The largest absolute Gasteiger partial charge is 0.467 e. The minimum Gasteiger partial charge on any atom is -0.467 e. The molecular formula is C19H24N2O4S. The third-order valence-corrected chi connectivity index (χ3v) is 6.08. The van der Waals surface area contributed by atoms with Crippen LogP contribution in [0.2, 0.25) is 0 Å². The SMILES string of the molecule is Cc1ccc(N(Cc2ccco2)C(=O)C2CCN(S(C)(=O)=O)CC2)cc1. The molecular weight excluding hydrogens is 352 g/mol. The Kier molecular flexibility index (Phi) is 5.48. The Morgan fingerprint density at radius 3 is 2.38 bits per heavy atom. The quantitative estimate of drug-likeness (QED) is 0.804. The van der Waals surface area contributed by atoms with E-state index >= 15 is 0 Å². The molecule has 0 aliphatic carbocycles. The number of aryl methyl sites for hydroxylation is 1. The van der Waals surface area contributed by atoms with Gasteiger partial charge in [0.2, 0.25) is 15.9 Å². The van der Waals surface area contributed by atoms with Crippen molar-refractivity contribution in [2.45, 2.75) is 26.3 Å². The number of hydrogen-bond donors (Lipinski definition) is 0. The summed E-state index contributed by atoms with van der Waals surface area (Å²) in [5.74, 6) is 0.537. The number of furan rings is 1. The van der Waals surface area contributed by atoms with Crippen LogP contribution in [0.4, 0.5) is 5.69 Å². The summed E-state index contributed by atoms with van der Waals surface area (Å²) < 4.78 is 30.2. The second-order valence-electron chi connectivity index (χ2n) is 6.78. The number of carbonyl (C=O) groups excluding carboxylic acids is 1. The molecule has 1 fully saturated rings. The molecule has 0 bridgehead atoms. The highest BCUT2D eigenvalue weighted by molar-refractivity contribution is 7.88. The molecule has 0 atom stereocenters. The first-order valence-electron chi connectivity index (χ1n) is 8.70. The van der Waals surface area contributed by atoms with Crippen LogP contribution in [0.3, 0.4) is 0 Å². The third kappa shape index (κ3) is 4.34. The zero-order chi connectivity index (χ0) is 18.7. The summed E-state index contributed by atoms with van der Waals surface area (Å²) in [7, 11) is -3.20. The van der Waals surface area contributed by atoms with Gasteiger partial charge in [0.05, 0.1) is 19.1 Å². The van der Waals surface area contributed by atoms with Crippen LogP contribution in [0.1, 0.15) is 24.2 Å². The highest BCUT2D eigenvalue weighted by Gasteiger charge is 2.32. The molecule has 3 rings (SSSR count). The molecule has 2 heterocycles. The number of sulfonamides is 1. The second kappa shape index (κ2) is 7.63. The third-order valence-electron chi connectivity index (χ3n) is 4.78. The van der Waals surface area contributed by atoms with E-state index in [2.05, 4.69) is 0 Å². The smallest absolute Gasteiger partial charge is 0.230 e. The Labute approximate surface area is 154 Å². The van der Waals surface area contributed by atoms with Crippen LogP contribution in [0.25, 0.3) is 0 Å². The van der Waals surface area contributed by atoms with Gasteiger partial charge >= 0.3 is 0 Å². The van der Waals surface area contributed by atoms with Crippen LogP contribution in [0.5, 0.6) is 0 Å². The standard InChI is InChI=1S/C19H24N2O4S/c1-15-5-7-17(8-6-15)21(14-18-4-3-13-25-18)19(22)16-9-11-20(12-10-16)26(2,23)24/h3-8,13,16H,9-12,14H2,1-2H3. The normalized spacial score (nSPS) is 16.5. The number of hydrogen-bond acceptors (Lipinski definition) is 4. The molecule has 26 heavy (non-hydrogen) atoms. The fourth-order valence-electron chi connectivity index (χ4n) is 3.23. The fourth-order valence-corrected chi connectivity index (χ4v) is 4.11. The molecule has 1 aliphatic rings. The average Bonchev–Trinajstić information content (AvgIpc) is 3.13. The Bertz CT molecular complexity index is 836. The molecule has 1 aromatic heterocycles. The van der Waals surface area contributed by atoms with Gasteiger partial charge in [0, 0.05) is 24.7 Å². The predicted molar refractivity (Wildman–Crippen MR) is 100 cm³/mol. The van der Waals surface area contributed by atoms with Gasteiger partial charge in [-0.15, -0.1) is 0 Å². The molecule has 6 nitrogen and oxygen atoms in total. The van der Waals surface area contributed by atoms with Crippen molar-refractivity contribution in [3.8, 4) is 0 Å². The molecule has 0 radical (unpaired) electrons. The topological polar surface area (TPSA) is 70.8 Å². The summed E-state index contributed by atoms with van der Waals surface area (Å²) in [4.78, 5) is 14.9. The number of carbonyl (C=O) groups is 1. The Morgan fingerprint density at radius 2 is 1.85 bits per heavy atom. The van der Waals surface area contributed by atoms with E-state index in [0.717, 1.165) is 11.3 Å². The van der Waals surface area contributed by atoms with Crippen LogP contribution < -0.4 is 4.90 Å². The lowest BCUT2D eigenvalue weighted by atomic mass is 9.96. The van der Waals surface area contributed by atoms with Crippen molar-refractivity contribution in [2.24, 2.45) is 5.92 Å². The molecule has 0 spiro atoms. The molecule has 1 amide bonds. The molecule has 0 saturated carbocycles. The van der Waals surface area contributed by atoms with Gasteiger partial charge in [0.25, 0.3) is 0 Å². The van der Waals surface area contributed by atoms with Gasteiger partial charge in [-0.05, 0) is 44.0 Å². The van der Waals surface area contributed by atoms with E-state index in [4.69, 9.17) is 4.42 Å². The fraction of sp³-hybridized carbons (Fsp3) is 0.421. The summed E-state index contributed by atoms with van der Waals surface area (Å²) in [6.07, 6.45) is 3.88. The summed E-state index contributed by atoms with van der Waals surface area (Å²) in [5.41, 5.74) is 1.95. The molecule has 1 aliphatic heterocycles. The maximum atomic E-state index is 13.2. The lowest BCUT2D eigenvalue weighted by molar-refractivity contribution is -0.123. The van der Waals surface area contributed by atoms with Gasteiger partial charge in [-0.1, -0.05) is 17.7 Å². The van der Waals surface area contributed by atoms with Gasteiger partial charge in [-0.2, -0.15) is 0 Å². The van der Waals surface area contributed by atoms with E-state index in [1.54, 1.807) is 17.2 Å². The minimum atomic E-state index is -3.20. The maximum Gasteiger partial charge on any atom is 0.230 e. The van der Waals surface area contributed by atoms with Crippen LogP contribution in [-0.2, 0) is 21.4 Å². The van der Waals surface area contributed by atoms with E-state index in [1.807, 2.05) is 37.3 Å². The summed E-state index contributed by atoms with van der Waals surface area (Å²) >= 11 is 0. The van der Waals surface area contributed by atoms with E-state index in [9.17, 15) is 13.2 Å². The predicted octanol–water partition coefficient (Wildman–Crippen LogP) is 2.79. The number of piperidine rings is 1. The molecule has 1 saturated heterocycles. The Hall–Kier alpha value is -2.12. The van der Waals surface area contributed by atoms with Crippen molar-refractivity contribution in [3.05, 3.63) is 54.0 Å². The van der Waals surface area contributed by atoms with Crippen molar-refractivity contribution < 1.29 is 17.6 Å². The van der Waals surface area contributed by atoms with Crippen LogP contribution in [0.15, 0.2) is 47.1 Å². The van der Waals surface area contributed by atoms with Crippen LogP contribution in [-0.4, -0.2) is 38.0 Å². The zero-order valence-electron chi connectivity index (χ0n) is 15.1.